The van der Waals surface area contributed by atoms with Crippen LogP contribution in [0.25, 0.3) is 5.57 Å². The third-order valence-electron chi connectivity index (χ3n) is 4.74. The highest BCUT2D eigenvalue weighted by Crippen LogP contribution is 2.17. The van der Waals surface area contributed by atoms with Crippen LogP contribution in [-0.2, 0) is 4.79 Å². The Bertz CT molecular complexity index is 867. The fraction of sp³-hybridized carbons (Fsp3) is 0.273. The maximum absolute atomic E-state index is 12.7. The molecule has 0 spiro atoms. The van der Waals surface area contributed by atoms with Gasteiger partial charge in [0, 0.05) is 43.0 Å². The van der Waals surface area contributed by atoms with Crippen LogP contribution in [0.15, 0.2) is 60.7 Å². The second kappa shape index (κ2) is 9.42. The average molecular weight is 398 g/mol. The molecule has 146 valence electrons. The van der Waals surface area contributed by atoms with E-state index < -0.39 is 0 Å². The Kier molecular flexibility index (Phi) is 6.71. The zero-order valence-corrected chi connectivity index (χ0v) is 16.7. The molecule has 1 saturated heterocycles. The molecule has 1 fully saturated rings. The van der Waals surface area contributed by atoms with Crippen LogP contribution in [0.3, 0.4) is 0 Å². The summed E-state index contributed by atoms with van der Waals surface area (Å²) in [5.41, 5.74) is 2.63. The lowest BCUT2D eigenvalue weighted by Gasteiger charge is -2.22. The minimum absolute atomic E-state index is 0.0153. The molecule has 1 aliphatic heterocycles. The number of carbonyl (C=O) groups is 2. The molecule has 1 N–H and O–H groups in total. The second-order valence-corrected chi connectivity index (χ2v) is 7.24. The number of hydrogen-bond donors (Lipinski definition) is 1. The van der Waals surface area contributed by atoms with Gasteiger partial charge in [-0.2, -0.15) is 0 Å². The Hall–Kier alpha value is -2.79. The van der Waals surface area contributed by atoms with Crippen molar-refractivity contribution in [3.63, 3.8) is 0 Å². The van der Waals surface area contributed by atoms with E-state index in [4.69, 9.17) is 11.6 Å². The summed E-state index contributed by atoms with van der Waals surface area (Å²) in [6.07, 6.45) is 2.42. The lowest BCUT2D eigenvalue weighted by molar-refractivity contribution is -0.125. The highest BCUT2D eigenvalue weighted by Gasteiger charge is 2.21. The molecule has 6 heteroatoms. The summed E-state index contributed by atoms with van der Waals surface area (Å²) >= 11 is 5.97. The second-order valence-electron chi connectivity index (χ2n) is 6.80. The van der Waals surface area contributed by atoms with Crippen LogP contribution in [-0.4, -0.2) is 47.9 Å². The molecule has 0 atom stereocenters. The van der Waals surface area contributed by atoms with E-state index in [0.717, 1.165) is 17.6 Å². The fourth-order valence-electron chi connectivity index (χ4n) is 3.17. The van der Waals surface area contributed by atoms with Gasteiger partial charge in [0.05, 0.1) is 0 Å². The molecule has 0 aromatic heterocycles. The molecule has 2 aromatic carbocycles. The quantitative estimate of drug-likeness (QED) is 0.774. The molecule has 3 rings (SSSR count). The lowest BCUT2D eigenvalue weighted by atomic mass is 10.1. The summed E-state index contributed by atoms with van der Waals surface area (Å²) in [5.74, 6) is -0.0153. The number of anilines is 1. The highest BCUT2D eigenvalue weighted by atomic mass is 35.5. The average Bonchev–Trinajstić information content (AvgIpc) is 2.95. The molecule has 2 aromatic rings. The van der Waals surface area contributed by atoms with Crippen molar-refractivity contribution in [3.8, 4) is 0 Å². The molecular formula is C22H24ClN3O2. The van der Waals surface area contributed by atoms with Gasteiger partial charge >= 0.3 is 6.03 Å². The SMILES string of the molecule is C/C(=C/C(=O)N1CCCN(C(=O)Nc2cccc(Cl)c2)CC1)c1ccccc1. The van der Waals surface area contributed by atoms with Gasteiger partial charge in [0.25, 0.3) is 0 Å². The monoisotopic (exact) mass is 397 g/mol. The first-order chi connectivity index (χ1) is 13.5. The Morgan fingerprint density at radius 2 is 1.68 bits per heavy atom. The number of urea groups is 1. The normalized spacial score (nSPS) is 15.1. The number of carbonyl (C=O) groups excluding carboxylic acids is 2. The smallest absolute Gasteiger partial charge is 0.321 e. The third kappa shape index (κ3) is 5.36. The van der Waals surface area contributed by atoms with Gasteiger partial charge in [0.1, 0.15) is 0 Å². The first-order valence-corrected chi connectivity index (χ1v) is 9.75. The van der Waals surface area contributed by atoms with Gasteiger partial charge in [0.2, 0.25) is 5.91 Å². The van der Waals surface area contributed by atoms with Crippen LogP contribution in [0.1, 0.15) is 18.9 Å². The maximum atomic E-state index is 12.7. The van der Waals surface area contributed by atoms with Gasteiger partial charge in [-0.05, 0) is 42.7 Å². The van der Waals surface area contributed by atoms with Gasteiger partial charge in [-0.3, -0.25) is 4.79 Å². The minimum atomic E-state index is -0.174. The molecule has 0 bridgehead atoms. The summed E-state index contributed by atoms with van der Waals surface area (Å²) in [6.45, 7) is 4.20. The molecule has 0 radical (unpaired) electrons. The summed E-state index contributed by atoms with van der Waals surface area (Å²) in [4.78, 5) is 28.7. The van der Waals surface area contributed by atoms with Crippen LogP contribution < -0.4 is 5.32 Å². The Balaban J connectivity index is 1.58. The topological polar surface area (TPSA) is 52.7 Å². The predicted molar refractivity (Wildman–Crippen MR) is 113 cm³/mol. The van der Waals surface area contributed by atoms with Crippen molar-refractivity contribution in [2.45, 2.75) is 13.3 Å². The number of nitrogens with one attached hydrogen (secondary N) is 1. The lowest BCUT2D eigenvalue weighted by Crippen LogP contribution is -2.39. The number of amides is 3. The zero-order chi connectivity index (χ0) is 19.9. The summed E-state index contributed by atoms with van der Waals surface area (Å²) in [7, 11) is 0. The van der Waals surface area contributed by atoms with E-state index in [9.17, 15) is 9.59 Å². The van der Waals surface area contributed by atoms with E-state index in [1.807, 2.05) is 37.3 Å². The Morgan fingerprint density at radius 1 is 0.964 bits per heavy atom. The van der Waals surface area contributed by atoms with E-state index in [-0.39, 0.29) is 11.9 Å². The van der Waals surface area contributed by atoms with E-state index in [0.29, 0.717) is 36.9 Å². The number of benzene rings is 2. The summed E-state index contributed by atoms with van der Waals surface area (Å²) in [5, 5.41) is 3.44. The van der Waals surface area contributed by atoms with Crippen molar-refractivity contribution in [1.29, 1.82) is 0 Å². The highest BCUT2D eigenvalue weighted by molar-refractivity contribution is 6.30. The molecule has 28 heavy (non-hydrogen) atoms. The zero-order valence-electron chi connectivity index (χ0n) is 15.9. The van der Waals surface area contributed by atoms with E-state index >= 15 is 0 Å². The van der Waals surface area contributed by atoms with Crippen molar-refractivity contribution in [2.75, 3.05) is 31.5 Å². The molecule has 1 heterocycles. The van der Waals surface area contributed by atoms with Gasteiger partial charge < -0.3 is 15.1 Å². The Labute approximate surface area is 170 Å². The Morgan fingerprint density at radius 3 is 2.43 bits per heavy atom. The first-order valence-electron chi connectivity index (χ1n) is 9.37. The molecule has 3 amide bonds. The summed E-state index contributed by atoms with van der Waals surface area (Å²) in [6, 6.07) is 16.7. The third-order valence-corrected chi connectivity index (χ3v) is 4.97. The number of nitrogens with zero attached hydrogens (tertiary/aromatic N) is 2. The standard InChI is InChI=1S/C22H24ClN3O2/c1-17(18-7-3-2-4-8-18)15-21(27)25-11-6-12-26(14-13-25)22(28)24-20-10-5-9-19(23)16-20/h2-5,7-10,15-16H,6,11-14H2,1H3,(H,24,28)/b17-15-. The van der Waals surface area contributed by atoms with Crippen molar-refractivity contribution >= 4 is 34.8 Å². The van der Waals surface area contributed by atoms with E-state index in [2.05, 4.69) is 5.32 Å². The molecule has 0 unspecified atom stereocenters. The number of hydrogen-bond acceptors (Lipinski definition) is 2. The molecule has 0 aliphatic carbocycles. The number of rotatable bonds is 3. The van der Waals surface area contributed by atoms with Crippen LogP contribution in [0.2, 0.25) is 5.02 Å². The van der Waals surface area contributed by atoms with E-state index in [1.54, 1.807) is 40.1 Å². The van der Waals surface area contributed by atoms with E-state index in [1.165, 1.54) is 0 Å². The summed E-state index contributed by atoms with van der Waals surface area (Å²) < 4.78 is 0. The van der Waals surface area contributed by atoms with Crippen LogP contribution >= 0.6 is 11.6 Å². The van der Waals surface area contributed by atoms with Gasteiger partial charge in [-0.1, -0.05) is 48.0 Å². The minimum Gasteiger partial charge on any atom is -0.337 e. The van der Waals surface area contributed by atoms with Crippen molar-refractivity contribution < 1.29 is 9.59 Å². The van der Waals surface area contributed by atoms with Crippen LogP contribution in [0.4, 0.5) is 10.5 Å². The van der Waals surface area contributed by atoms with Crippen molar-refractivity contribution in [3.05, 3.63) is 71.3 Å². The predicted octanol–water partition coefficient (Wildman–Crippen LogP) is 4.51. The van der Waals surface area contributed by atoms with Crippen LogP contribution in [0.5, 0.6) is 0 Å². The molecule has 1 aliphatic rings. The van der Waals surface area contributed by atoms with Gasteiger partial charge in [-0.25, -0.2) is 4.79 Å². The fourth-order valence-corrected chi connectivity index (χ4v) is 3.36. The molecule has 0 saturated carbocycles. The van der Waals surface area contributed by atoms with Crippen LogP contribution in [0, 0.1) is 0 Å². The van der Waals surface area contributed by atoms with Crippen molar-refractivity contribution in [2.24, 2.45) is 0 Å². The molecule has 5 nitrogen and oxygen atoms in total. The largest absolute Gasteiger partial charge is 0.337 e. The first kappa shape index (κ1) is 20.0. The van der Waals surface area contributed by atoms with Crippen molar-refractivity contribution in [1.82, 2.24) is 9.80 Å². The maximum Gasteiger partial charge on any atom is 0.321 e. The molecular weight excluding hydrogens is 374 g/mol. The number of halogens is 1. The van der Waals surface area contributed by atoms with Gasteiger partial charge in [-0.15, -0.1) is 0 Å². The number of allylic oxidation sites excluding steroid dienone is 1. The van der Waals surface area contributed by atoms with Gasteiger partial charge in [0.15, 0.2) is 0 Å².